The number of amides is 2. The molecule has 0 spiro atoms. The van der Waals surface area contributed by atoms with E-state index in [0.29, 0.717) is 0 Å². The SMILES string of the molecule is CNC(=O)c1cc(C(N)=O)n(C(C)c2cccc(C)c2)n1. The average Bonchev–Trinajstić information content (AvgIpc) is 2.91. The minimum absolute atomic E-state index is 0.172. The van der Waals surface area contributed by atoms with Gasteiger partial charge >= 0.3 is 0 Å². The van der Waals surface area contributed by atoms with E-state index in [1.807, 2.05) is 38.1 Å². The Bertz CT molecular complexity index is 691. The number of rotatable bonds is 4. The van der Waals surface area contributed by atoms with Crippen LogP contribution in [0.3, 0.4) is 0 Å². The highest BCUT2D eigenvalue weighted by Gasteiger charge is 2.21. The maximum atomic E-state index is 11.7. The van der Waals surface area contributed by atoms with Crippen LogP contribution in [0.1, 0.15) is 45.1 Å². The van der Waals surface area contributed by atoms with E-state index in [1.54, 1.807) is 0 Å². The van der Waals surface area contributed by atoms with Crippen LogP contribution >= 0.6 is 0 Å². The first-order valence-electron chi connectivity index (χ1n) is 6.62. The highest BCUT2D eigenvalue weighted by atomic mass is 16.2. The number of benzene rings is 1. The number of aryl methyl sites for hydroxylation is 1. The fourth-order valence-electron chi connectivity index (χ4n) is 2.18. The molecule has 2 rings (SSSR count). The Morgan fingerprint density at radius 3 is 2.62 bits per heavy atom. The number of primary amides is 1. The van der Waals surface area contributed by atoms with E-state index >= 15 is 0 Å². The molecule has 1 heterocycles. The fourth-order valence-corrected chi connectivity index (χ4v) is 2.18. The molecule has 21 heavy (non-hydrogen) atoms. The van der Waals surface area contributed by atoms with Crippen molar-refractivity contribution < 1.29 is 9.59 Å². The average molecular weight is 286 g/mol. The van der Waals surface area contributed by atoms with Gasteiger partial charge in [-0.1, -0.05) is 29.8 Å². The fraction of sp³-hybridized carbons (Fsp3) is 0.267. The van der Waals surface area contributed by atoms with Gasteiger partial charge in [0.05, 0.1) is 6.04 Å². The second kappa shape index (κ2) is 5.78. The van der Waals surface area contributed by atoms with Crippen LogP contribution < -0.4 is 11.1 Å². The Morgan fingerprint density at radius 1 is 1.33 bits per heavy atom. The van der Waals surface area contributed by atoms with E-state index in [1.165, 1.54) is 17.8 Å². The predicted octanol–water partition coefficient (Wildman–Crippen LogP) is 1.26. The van der Waals surface area contributed by atoms with Crippen LogP contribution in [-0.2, 0) is 0 Å². The first kappa shape index (κ1) is 14.8. The summed E-state index contributed by atoms with van der Waals surface area (Å²) in [6.07, 6.45) is 0. The lowest BCUT2D eigenvalue weighted by molar-refractivity contribution is 0.0955. The molecule has 110 valence electrons. The smallest absolute Gasteiger partial charge is 0.271 e. The summed E-state index contributed by atoms with van der Waals surface area (Å²) in [6, 6.07) is 9.10. The van der Waals surface area contributed by atoms with Gasteiger partial charge in [0.15, 0.2) is 5.69 Å². The van der Waals surface area contributed by atoms with Gasteiger partial charge in [0, 0.05) is 13.1 Å². The molecule has 1 aromatic heterocycles. The van der Waals surface area contributed by atoms with Crippen molar-refractivity contribution >= 4 is 11.8 Å². The van der Waals surface area contributed by atoms with Crippen LogP contribution in [0.15, 0.2) is 30.3 Å². The van der Waals surface area contributed by atoms with Crippen molar-refractivity contribution in [2.24, 2.45) is 5.73 Å². The third-order valence-electron chi connectivity index (χ3n) is 3.34. The molecule has 6 nitrogen and oxygen atoms in total. The third kappa shape index (κ3) is 2.94. The second-order valence-electron chi connectivity index (χ2n) is 4.89. The normalized spacial score (nSPS) is 12.0. The van der Waals surface area contributed by atoms with Crippen LogP contribution in [0, 0.1) is 6.92 Å². The summed E-state index contributed by atoms with van der Waals surface area (Å²) in [6.45, 7) is 3.89. The van der Waals surface area contributed by atoms with Crippen molar-refractivity contribution in [2.45, 2.75) is 19.9 Å². The molecule has 1 atom stereocenters. The van der Waals surface area contributed by atoms with Crippen molar-refractivity contribution in [2.75, 3.05) is 7.05 Å². The monoisotopic (exact) mass is 286 g/mol. The van der Waals surface area contributed by atoms with Crippen LogP contribution in [-0.4, -0.2) is 28.6 Å². The van der Waals surface area contributed by atoms with Gasteiger partial charge in [-0.25, -0.2) is 0 Å². The summed E-state index contributed by atoms with van der Waals surface area (Å²) < 4.78 is 1.49. The number of hydrogen-bond donors (Lipinski definition) is 2. The second-order valence-corrected chi connectivity index (χ2v) is 4.89. The van der Waals surface area contributed by atoms with Gasteiger partial charge in [0.25, 0.3) is 11.8 Å². The highest BCUT2D eigenvalue weighted by Crippen LogP contribution is 2.21. The van der Waals surface area contributed by atoms with E-state index in [-0.39, 0.29) is 23.3 Å². The van der Waals surface area contributed by atoms with Gasteiger partial charge in [0.2, 0.25) is 0 Å². The first-order valence-corrected chi connectivity index (χ1v) is 6.62. The number of carbonyl (C=O) groups excluding carboxylic acids is 2. The maximum absolute atomic E-state index is 11.7. The molecule has 0 saturated heterocycles. The van der Waals surface area contributed by atoms with E-state index in [2.05, 4.69) is 10.4 Å². The topological polar surface area (TPSA) is 90.0 Å². The van der Waals surface area contributed by atoms with Gasteiger partial charge in [-0.2, -0.15) is 5.10 Å². The zero-order valence-corrected chi connectivity index (χ0v) is 12.3. The van der Waals surface area contributed by atoms with Crippen LogP contribution in [0.4, 0.5) is 0 Å². The molecule has 2 aromatic rings. The Hall–Kier alpha value is -2.63. The zero-order valence-electron chi connectivity index (χ0n) is 12.3. The van der Waals surface area contributed by atoms with Gasteiger partial charge in [-0.15, -0.1) is 0 Å². The Labute approximate surface area is 122 Å². The molecule has 6 heteroatoms. The summed E-state index contributed by atoms with van der Waals surface area (Å²) >= 11 is 0. The Morgan fingerprint density at radius 2 is 2.05 bits per heavy atom. The molecule has 3 N–H and O–H groups in total. The highest BCUT2D eigenvalue weighted by molar-refractivity contribution is 5.97. The molecule has 0 aliphatic rings. The molecule has 1 unspecified atom stereocenters. The van der Waals surface area contributed by atoms with E-state index in [0.717, 1.165) is 11.1 Å². The molecule has 0 radical (unpaired) electrons. The minimum atomic E-state index is -0.614. The predicted molar refractivity (Wildman–Crippen MR) is 79.1 cm³/mol. The number of hydrogen-bond acceptors (Lipinski definition) is 3. The summed E-state index contributed by atoms with van der Waals surface area (Å²) in [5.74, 6) is -0.968. The van der Waals surface area contributed by atoms with Gasteiger partial charge in [0.1, 0.15) is 5.69 Å². The van der Waals surface area contributed by atoms with Crippen LogP contribution in [0.5, 0.6) is 0 Å². The largest absolute Gasteiger partial charge is 0.364 e. The standard InChI is InChI=1S/C15H18N4O2/c1-9-5-4-6-11(7-9)10(2)19-13(14(16)20)8-12(18-19)15(21)17-3/h4-8,10H,1-3H3,(H2,16,20)(H,17,21). The van der Waals surface area contributed by atoms with Crippen molar-refractivity contribution in [3.8, 4) is 0 Å². The summed E-state index contributed by atoms with van der Waals surface area (Å²) in [7, 11) is 1.51. The molecule has 0 bridgehead atoms. The number of nitrogens with two attached hydrogens (primary N) is 1. The number of nitrogens with one attached hydrogen (secondary N) is 1. The van der Waals surface area contributed by atoms with Crippen molar-refractivity contribution in [1.82, 2.24) is 15.1 Å². The maximum Gasteiger partial charge on any atom is 0.271 e. The van der Waals surface area contributed by atoms with E-state index < -0.39 is 5.91 Å². The van der Waals surface area contributed by atoms with Crippen molar-refractivity contribution in [3.05, 3.63) is 52.8 Å². The van der Waals surface area contributed by atoms with Crippen LogP contribution in [0.25, 0.3) is 0 Å². The van der Waals surface area contributed by atoms with Crippen molar-refractivity contribution in [3.63, 3.8) is 0 Å². The Kier molecular flexibility index (Phi) is 4.07. The Balaban J connectivity index is 2.49. The quantitative estimate of drug-likeness (QED) is 0.886. The number of aromatic nitrogens is 2. The molecule has 2 amide bonds. The first-order chi connectivity index (χ1) is 9.93. The summed E-state index contributed by atoms with van der Waals surface area (Å²) in [4.78, 5) is 23.3. The molecule has 1 aromatic carbocycles. The molecular weight excluding hydrogens is 268 g/mol. The molecule has 0 aliphatic heterocycles. The molecule has 0 aliphatic carbocycles. The lowest BCUT2D eigenvalue weighted by Gasteiger charge is -2.15. The number of nitrogens with zero attached hydrogens (tertiary/aromatic N) is 2. The lowest BCUT2D eigenvalue weighted by Crippen LogP contribution is -2.21. The van der Waals surface area contributed by atoms with Crippen molar-refractivity contribution in [1.29, 1.82) is 0 Å². The summed E-state index contributed by atoms with van der Waals surface area (Å²) in [5.41, 5.74) is 7.87. The number of carbonyl (C=O) groups is 2. The molecular formula is C15H18N4O2. The zero-order chi connectivity index (χ0) is 15.6. The molecule has 0 fully saturated rings. The molecule has 0 saturated carbocycles. The summed E-state index contributed by atoms with van der Waals surface area (Å²) in [5, 5.41) is 6.69. The van der Waals surface area contributed by atoms with Crippen LogP contribution in [0.2, 0.25) is 0 Å². The van der Waals surface area contributed by atoms with Gasteiger partial charge < -0.3 is 11.1 Å². The third-order valence-corrected chi connectivity index (χ3v) is 3.34. The minimum Gasteiger partial charge on any atom is -0.364 e. The van der Waals surface area contributed by atoms with Gasteiger partial charge in [-0.05, 0) is 19.4 Å². The van der Waals surface area contributed by atoms with Gasteiger partial charge in [-0.3, -0.25) is 14.3 Å². The van der Waals surface area contributed by atoms with E-state index in [4.69, 9.17) is 5.73 Å². The lowest BCUT2D eigenvalue weighted by atomic mass is 10.1. The van der Waals surface area contributed by atoms with E-state index in [9.17, 15) is 9.59 Å².